The molecule has 0 aliphatic rings. The predicted molar refractivity (Wildman–Crippen MR) is 113 cm³/mol. The van der Waals surface area contributed by atoms with E-state index in [1.807, 2.05) is 61.5 Å². The molecule has 5 aromatic rings. The molecule has 0 aliphatic heterocycles. The van der Waals surface area contributed by atoms with E-state index in [-0.39, 0.29) is 5.63 Å². The molecule has 0 radical (unpaired) electrons. The molecule has 0 aliphatic carbocycles. The number of aromatic nitrogens is 1. The highest BCUT2D eigenvalue weighted by Gasteiger charge is 2.12. The van der Waals surface area contributed by atoms with Gasteiger partial charge in [0.15, 0.2) is 0 Å². The monoisotopic (exact) mass is 363 g/mol. The SMILES string of the molecule is Cc1cc(=O)oc2cc3nc(-c4ccccc4)cc(-c4ccccc4)c3cc12. The van der Waals surface area contributed by atoms with E-state index < -0.39 is 0 Å². The van der Waals surface area contributed by atoms with Crippen LogP contribution in [0.25, 0.3) is 44.3 Å². The van der Waals surface area contributed by atoms with E-state index in [1.165, 1.54) is 6.07 Å². The Hall–Kier alpha value is -3.72. The topological polar surface area (TPSA) is 43.1 Å². The summed E-state index contributed by atoms with van der Waals surface area (Å²) in [4.78, 5) is 16.7. The molecule has 0 atom stereocenters. The first-order chi connectivity index (χ1) is 13.7. The third-order valence-corrected chi connectivity index (χ3v) is 5.03. The summed E-state index contributed by atoms with van der Waals surface area (Å²) >= 11 is 0. The third kappa shape index (κ3) is 2.78. The minimum absolute atomic E-state index is 0.341. The van der Waals surface area contributed by atoms with Crippen LogP contribution in [-0.4, -0.2) is 4.98 Å². The van der Waals surface area contributed by atoms with E-state index in [9.17, 15) is 4.79 Å². The van der Waals surface area contributed by atoms with Crippen LogP contribution in [0, 0.1) is 6.92 Å². The number of nitrogens with zero attached hydrogens (tertiary/aromatic N) is 1. The number of hydrogen-bond acceptors (Lipinski definition) is 3. The van der Waals surface area contributed by atoms with Crippen molar-refractivity contribution >= 4 is 21.9 Å². The summed E-state index contributed by atoms with van der Waals surface area (Å²) in [6.45, 7) is 1.93. The number of pyridine rings is 1. The van der Waals surface area contributed by atoms with Crippen molar-refractivity contribution in [2.24, 2.45) is 0 Å². The average molecular weight is 363 g/mol. The maximum Gasteiger partial charge on any atom is 0.336 e. The molecule has 28 heavy (non-hydrogen) atoms. The molecule has 3 heteroatoms. The molecule has 0 N–H and O–H groups in total. The van der Waals surface area contributed by atoms with Crippen molar-refractivity contribution in [2.45, 2.75) is 6.92 Å². The van der Waals surface area contributed by atoms with Crippen LogP contribution >= 0.6 is 0 Å². The first-order valence-electron chi connectivity index (χ1n) is 9.19. The van der Waals surface area contributed by atoms with Crippen LogP contribution in [0.3, 0.4) is 0 Å². The molecule has 3 nitrogen and oxygen atoms in total. The van der Waals surface area contributed by atoms with Gasteiger partial charge in [0, 0.05) is 28.5 Å². The lowest BCUT2D eigenvalue weighted by molar-refractivity contribution is 0.560. The molecule has 134 valence electrons. The second-order valence-electron chi connectivity index (χ2n) is 6.90. The zero-order valence-electron chi connectivity index (χ0n) is 15.3. The third-order valence-electron chi connectivity index (χ3n) is 5.03. The lowest BCUT2D eigenvalue weighted by Gasteiger charge is -2.12. The van der Waals surface area contributed by atoms with Gasteiger partial charge < -0.3 is 4.42 Å². The lowest BCUT2D eigenvalue weighted by atomic mass is 9.96. The Morgan fingerprint density at radius 3 is 2.14 bits per heavy atom. The van der Waals surface area contributed by atoms with Crippen LogP contribution in [0.15, 0.2) is 94.1 Å². The van der Waals surface area contributed by atoms with Crippen LogP contribution in [0.5, 0.6) is 0 Å². The van der Waals surface area contributed by atoms with Gasteiger partial charge in [-0.15, -0.1) is 0 Å². The smallest absolute Gasteiger partial charge is 0.336 e. The van der Waals surface area contributed by atoms with Crippen molar-refractivity contribution in [1.82, 2.24) is 4.98 Å². The average Bonchev–Trinajstić information content (AvgIpc) is 2.73. The van der Waals surface area contributed by atoms with Gasteiger partial charge in [-0.2, -0.15) is 0 Å². The van der Waals surface area contributed by atoms with E-state index in [0.29, 0.717) is 5.58 Å². The quantitative estimate of drug-likeness (QED) is 0.286. The fourth-order valence-electron chi connectivity index (χ4n) is 3.65. The lowest BCUT2D eigenvalue weighted by Crippen LogP contribution is -1.98. The van der Waals surface area contributed by atoms with Crippen molar-refractivity contribution in [3.05, 3.63) is 101 Å². The van der Waals surface area contributed by atoms with E-state index >= 15 is 0 Å². The maximum atomic E-state index is 11.8. The summed E-state index contributed by atoms with van der Waals surface area (Å²) in [5.41, 5.74) is 6.11. The Morgan fingerprint density at radius 1 is 0.750 bits per heavy atom. The molecule has 0 saturated carbocycles. The number of rotatable bonds is 2. The highest BCUT2D eigenvalue weighted by Crippen LogP contribution is 2.34. The zero-order valence-corrected chi connectivity index (χ0v) is 15.3. The highest BCUT2D eigenvalue weighted by molar-refractivity contribution is 6.03. The molecule has 0 unspecified atom stereocenters. The van der Waals surface area contributed by atoms with Gasteiger partial charge in [0.25, 0.3) is 0 Å². The van der Waals surface area contributed by atoms with E-state index in [1.54, 1.807) is 0 Å². The summed E-state index contributed by atoms with van der Waals surface area (Å²) in [6, 6.07) is 28.0. The Bertz CT molecular complexity index is 1370. The summed E-state index contributed by atoms with van der Waals surface area (Å²) in [6.07, 6.45) is 0. The minimum Gasteiger partial charge on any atom is -0.423 e. The second-order valence-corrected chi connectivity index (χ2v) is 6.90. The van der Waals surface area contributed by atoms with Gasteiger partial charge in [0.1, 0.15) is 5.58 Å². The van der Waals surface area contributed by atoms with Crippen molar-refractivity contribution < 1.29 is 4.42 Å². The van der Waals surface area contributed by atoms with Crippen LogP contribution in [0.1, 0.15) is 5.56 Å². The first kappa shape index (κ1) is 16.5. The highest BCUT2D eigenvalue weighted by atomic mass is 16.4. The van der Waals surface area contributed by atoms with E-state index in [4.69, 9.17) is 9.40 Å². The van der Waals surface area contributed by atoms with Gasteiger partial charge in [0.2, 0.25) is 0 Å². The van der Waals surface area contributed by atoms with E-state index in [0.717, 1.165) is 44.2 Å². The van der Waals surface area contributed by atoms with Crippen molar-refractivity contribution in [2.75, 3.05) is 0 Å². The molecule has 2 aromatic heterocycles. The van der Waals surface area contributed by atoms with Gasteiger partial charge in [-0.1, -0.05) is 60.7 Å². The van der Waals surface area contributed by atoms with Gasteiger partial charge in [-0.05, 0) is 35.7 Å². The summed E-state index contributed by atoms with van der Waals surface area (Å²) in [7, 11) is 0. The first-order valence-corrected chi connectivity index (χ1v) is 9.19. The Labute approximate surface area is 161 Å². The second kappa shape index (κ2) is 6.46. The molecular weight excluding hydrogens is 346 g/mol. The molecule has 0 amide bonds. The number of benzene rings is 3. The Kier molecular flexibility index (Phi) is 3.80. The summed E-state index contributed by atoms with van der Waals surface area (Å²) in [5.74, 6) is 0. The van der Waals surface area contributed by atoms with Gasteiger partial charge >= 0.3 is 5.63 Å². The van der Waals surface area contributed by atoms with Gasteiger partial charge in [0.05, 0.1) is 11.2 Å². The Morgan fingerprint density at radius 2 is 1.43 bits per heavy atom. The van der Waals surface area contributed by atoms with Crippen molar-refractivity contribution in [1.29, 1.82) is 0 Å². The fraction of sp³-hybridized carbons (Fsp3) is 0.0400. The number of hydrogen-bond donors (Lipinski definition) is 0. The normalized spacial score (nSPS) is 11.2. The predicted octanol–water partition coefficient (Wildman–Crippen LogP) is 5.98. The summed E-state index contributed by atoms with van der Waals surface area (Å²) in [5, 5.41) is 1.97. The van der Waals surface area contributed by atoms with Gasteiger partial charge in [-0.3, -0.25) is 0 Å². The van der Waals surface area contributed by atoms with E-state index in [2.05, 4.69) is 24.3 Å². The maximum absolute atomic E-state index is 11.8. The standard InChI is InChI=1S/C25H17NO2/c1-16-12-25(27)28-24-15-23-21(13-19(16)24)20(17-8-4-2-5-9-17)14-22(26-23)18-10-6-3-7-11-18/h2-15H,1H3. The fourth-order valence-corrected chi connectivity index (χ4v) is 3.65. The molecule has 0 saturated heterocycles. The van der Waals surface area contributed by atoms with Crippen LogP contribution in [0.2, 0.25) is 0 Å². The molecular formula is C25H17NO2. The number of fused-ring (bicyclic) bond motifs is 2. The minimum atomic E-state index is -0.341. The molecule has 3 aromatic carbocycles. The van der Waals surface area contributed by atoms with Crippen LogP contribution in [-0.2, 0) is 0 Å². The molecule has 0 spiro atoms. The van der Waals surface area contributed by atoms with Crippen LogP contribution < -0.4 is 5.63 Å². The molecule has 2 heterocycles. The largest absolute Gasteiger partial charge is 0.423 e. The van der Waals surface area contributed by atoms with Crippen LogP contribution in [0.4, 0.5) is 0 Å². The van der Waals surface area contributed by atoms with Crippen molar-refractivity contribution in [3.63, 3.8) is 0 Å². The number of aryl methyl sites for hydroxylation is 1. The van der Waals surface area contributed by atoms with Crippen molar-refractivity contribution in [3.8, 4) is 22.4 Å². The summed E-state index contributed by atoms with van der Waals surface area (Å²) < 4.78 is 5.45. The van der Waals surface area contributed by atoms with Gasteiger partial charge in [-0.25, -0.2) is 9.78 Å². The zero-order chi connectivity index (χ0) is 19.1. The molecule has 0 bridgehead atoms. The Balaban J connectivity index is 1.90. The molecule has 0 fully saturated rings. The molecule has 5 rings (SSSR count).